The number of rotatable bonds is 5. The van der Waals surface area contributed by atoms with Crippen LogP contribution in [0.3, 0.4) is 0 Å². The van der Waals surface area contributed by atoms with Crippen LogP contribution < -0.4 is 5.73 Å². The fourth-order valence-electron chi connectivity index (χ4n) is 4.08. The number of amides is 1. The summed E-state index contributed by atoms with van der Waals surface area (Å²) in [7, 11) is 0. The van der Waals surface area contributed by atoms with Crippen molar-refractivity contribution < 1.29 is 14.6 Å². The van der Waals surface area contributed by atoms with Crippen LogP contribution in [0.4, 0.5) is 10.6 Å². The number of halogens is 1. The molecule has 1 fully saturated rings. The van der Waals surface area contributed by atoms with Crippen molar-refractivity contribution in [1.29, 1.82) is 0 Å². The van der Waals surface area contributed by atoms with E-state index in [2.05, 4.69) is 25.5 Å². The quantitative estimate of drug-likeness (QED) is 0.594. The number of piperidine rings is 1. The third kappa shape index (κ3) is 3.76. The van der Waals surface area contributed by atoms with E-state index in [0.717, 1.165) is 46.0 Å². The van der Waals surface area contributed by atoms with Gasteiger partial charge in [-0.2, -0.15) is 0 Å². The van der Waals surface area contributed by atoms with Gasteiger partial charge in [-0.15, -0.1) is 0 Å². The van der Waals surface area contributed by atoms with Gasteiger partial charge in [0.25, 0.3) is 0 Å². The topological polar surface area (TPSA) is 107 Å². The fraction of sp³-hybridized carbons (Fsp3) is 0.450. The zero-order valence-corrected chi connectivity index (χ0v) is 17.9. The zero-order valence-electron chi connectivity index (χ0n) is 16.3. The molecule has 0 spiro atoms. The summed E-state index contributed by atoms with van der Waals surface area (Å²) in [6.07, 6.45) is 1.86. The number of nitrogens with two attached hydrogens (primary N) is 1. The number of aromatic nitrogens is 3. The van der Waals surface area contributed by atoms with E-state index in [1.165, 1.54) is 0 Å². The van der Waals surface area contributed by atoms with Gasteiger partial charge in [0, 0.05) is 29.6 Å². The average Bonchev–Trinajstić information content (AvgIpc) is 3.05. The standard InChI is InChI=1S/C20H24BrN5O3/c1-2-29-11-16-24-17-18(14-7-6-12(21)9-15(14)23-19(17)22)26(16)10-13-5-3-4-8-25(13)20(27)28/h6-7,9,13H,2-5,8,10-11H2,1H3,(H2,22,23)(H,27,28). The molecule has 8 nitrogen and oxygen atoms in total. The van der Waals surface area contributed by atoms with Crippen LogP contribution in [0.1, 0.15) is 32.0 Å². The van der Waals surface area contributed by atoms with E-state index >= 15 is 0 Å². The molecule has 3 heterocycles. The first-order valence-corrected chi connectivity index (χ1v) is 10.6. The maximum atomic E-state index is 11.8. The van der Waals surface area contributed by atoms with Crippen molar-refractivity contribution in [2.45, 2.75) is 45.4 Å². The minimum absolute atomic E-state index is 0.112. The first-order valence-electron chi connectivity index (χ1n) is 9.80. The lowest BCUT2D eigenvalue weighted by molar-refractivity contribution is 0.0969. The van der Waals surface area contributed by atoms with E-state index in [0.29, 0.717) is 37.6 Å². The SMILES string of the molecule is CCOCc1nc2c(N)nc3cc(Br)ccc3c2n1CC1CCCCN1C(=O)O. The summed E-state index contributed by atoms with van der Waals surface area (Å²) >= 11 is 3.49. The predicted molar refractivity (Wildman–Crippen MR) is 115 cm³/mol. The normalized spacial score (nSPS) is 17.3. The molecule has 2 aromatic heterocycles. The molecule has 1 aliphatic heterocycles. The maximum absolute atomic E-state index is 11.8. The molecule has 29 heavy (non-hydrogen) atoms. The molecule has 0 aliphatic carbocycles. The highest BCUT2D eigenvalue weighted by Gasteiger charge is 2.29. The Morgan fingerprint density at radius 3 is 2.97 bits per heavy atom. The van der Waals surface area contributed by atoms with Gasteiger partial charge >= 0.3 is 6.09 Å². The molecule has 1 aliphatic rings. The summed E-state index contributed by atoms with van der Waals surface area (Å²) in [5.74, 6) is 1.10. The number of nitrogen functional groups attached to an aromatic ring is 1. The van der Waals surface area contributed by atoms with Crippen LogP contribution >= 0.6 is 15.9 Å². The van der Waals surface area contributed by atoms with Crippen LogP contribution in [0.5, 0.6) is 0 Å². The smallest absolute Gasteiger partial charge is 0.407 e. The first kappa shape index (κ1) is 19.9. The highest BCUT2D eigenvalue weighted by Crippen LogP contribution is 2.32. The number of carbonyl (C=O) groups is 1. The lowest BCUT2D eigenvalue weighted by Gasteiger charge is -2.34. The van der Waals surface area contributed by atoms with Gasteiger partial charge in [-0.05, 0) is 44.4 Å². The minimum Gasteiger partial charge on any atom is -0.465 e. The number of hydrogen-bond donors (Lipinski definition) is 2. The van der Waals surface area contributed by atoms with Crippen molar-refractivity contribution >= 4 is 49.8 Å². The van der Waals surface area contributed by atoms with E-state index in [1.54, 1.807) is 4.90 Å². The lowest BCUT2D eigenvalue weighted by atomic mass is 10.0. The van der Waals surface area contributed by atoms with Gasteiger partial charge in [0.15, 0.2) is 5.82 Å². The molecule has 0 bridgehead atoms. The van der Waals surface area contributed by atoms with Gasteiger partial charge in [0.05, 0.1) is 17.1 Å². The second-order valence-electron chi connectivity index (χ2n) is 7.26. The number of likely N-dealkylation sites (tertiary alicyclic amines) is 1. The van der Waals surface area contributed by atoms with E-state index in [-0.39, 0.29) is 6.04 Å². The molecule has 9 heteroatoms. The van der Waals surface area contributed by atoms with Crippen molar-refractivity contribution in [3.63, 3.8) is 0 Å². The number of imidazole rings is 1. The molecule has 0 radical (unpaired) electrons. The Hall–Kier alpha value is -2.39. The van der Waals surface area contributed by atoms with E-state index in [4.69, 9.17) is 15.5 Å². The van der Waals surface area contributed by atoms with Crippen LogP contribution in [0.2, 0.25) is 0 Å². The number of pyridine rings is 1. The molecule has 0 saturated carbocycles. The lowest BCUT2D eigenvalue weighted by Crippen LogP contribution is -2.45. The summed E-state index contributed by atoms with van der Waals surface area (Å²) in [5.41, 5.74) is 8.53. The number of benzene rings is 1. The Morgan fingerprint density at radius 1 is 1.38 bits per heavy atom. The highest BCUT2D eigenvalue weighted by atomic mass is 79.9. The molecule has 1 atom stereocenters. The van der Waals surface area contributed by atoms with E-state index in [9.17, 15) is 9.90 Å². The summed E-state index contributed by atoms with van der Waals surface area (Å²) in [4.78, 5) is 22.6. The summed E-state index contributed by atoms with van der Waals surface area (Å²) < 4.78 is 8.63. The minimum atomic E-state index is -0.875. The van der Waals surface area contributed by atoms with Crippen molar-refractivity contribution in [1.82, 2.24) is 19.4 Å². The largest absolute Gasteiger partial charge is 0.465 e. The highest BCUT2D eigenvalue weighted by molar-refractivity contribution is 9.10. The Balaban J connectivity index is 1.89. The Bertz CT molecular complexity index is 1070. The Labute approximate surface area is 176 Å². The average molecular weight is 462 g/mol. The Morgan fingerprint density at radius 2 is 2.21 bits per heavy atom. The van der Waals surface area contributed by atoms with Crippen molar-refractivity contribution in [3.8, 4) is 0 Å². The van der Waals surface area contributed by atoms with Gasteiger partial charge in [-0.1, -0.05) is 15.9 Å². The van der Waals surface area contributed by atoms with Crippen molar-refractivity contribution in [2.75, 3.05) is 18.9 Å². The number of nitrogens with zero attached hydrogens (tertiary/aromatic N) is 4. The monoisotopic (exact) mass is 461 g/mol. The van der Waals surface area contributed by atoms with Crippen LogP contribution in [0.15, 0.2) is 22.7 Å². The number of hydrogen-bond acceptors (Lipinski definition) is 5. The predicted octanol–water partition coefficient (Wildman–Crippen LogP) is 4.00. The molecule has 1 unspecified atom stereocenters. The summed E-state index contributed by atoms with van der Waals surface area (Å²) in [5, 5.41) is 10.6. The van der Waals surface area contributed by atoms with Gasteiger partial charge in [0.2, 0.25) is 0 Å². The first-order chi connectivity index (χ1) is 14.0. The Kier molecular flexibility index (Phi) is 5.60. The van der Waals surface area contributed by atoms with Gasteiger partial charge in [0.1, 0.15) is 17.9 Å². The number of fused-ring (bicyclic) bond motifs is 3. The molecule has 1 saturated heterocycles. The van der Waals surface area contributed by atoms with Crippen LogP contribution in [-0.2, 0) is 17.9 Å². The van der Waals surface area contributed by atoms with Crippen molar-refractivity contribution in [3.05, 3.63) is 28.5 Å². The van der Waals surface area contributed by atoms with Gasteiger partial charge < -0.3 is 25.0 Å². The molecule has 1 aromatic carbocycles. The second kappa shape index (κ2) is 8.16. The molecular formula is C20H24BrN5O3. The molecule has 154 valence electrons. The molecular weight excluding hydrogens is 438 g/mol. The third-order valence-electron chi connectivity index (χ3n) is 5.45. The molecule has 1 amide bonds. The fourth-order valence-corrected chi connectivity index (χ4v) is 4.43. The van der Waals surface area contributed by atoms with Crippen molar-refractivity contribution in [2.24, 2.45) is 0 Å². The summed E-state index contributed by atoms with van der Waals surface area (Å²) in [6, 6.07) is 5.77. The maximum Gasteiger partial charge on any atom is 0.407 e. The number of ether oxygens (including phenoxy) is 1. The van der Waals surface area contributed by atoms with E-state index < -0.39 is 6.09 Å². The zero-order chi connectivity index (χ0) is 20.5. The summed E-state index contributed by atoms with van der Waals surface area (Å²) in [6.45, 7) is 3.91. The van der Waals surface area contributed by atoms with Crippen LogP contribution in [0, 0.1) is 0 Å². The number of anilines is 1. The van der Waals surface area contributed by atoms with E-state index in [1.807, 2.05) is 25.1 Å². The van der Waals surface area contributed by atoms with Gasteiger partial charge in [-0.25, -0.2) is 14.8 Å². The third-order valence-corrected chi connectivity index (χ3v) is 5.94. The number of carboxylic acid groups (broad SMARTS) is 1. The molecule has 3 aromatic rings. The molecule has 4 rings (SSSR count). The van der Waals surface area contributed by atoms with Gasteiger partial charge in [-0.3, -0.25) is 0 Å². The second-order valence-corrected chi connectivity index (χ2v) is 8.17. The van der Waals surface area contributed by atoms with Crippen LogP contribution in [0.25, 0.3) is 21.9 Å². The van der Waals surface area contributed by atoms with Crippen LogP contribution in [-0.4, -0.2) is 49.8 Å². The molecule has 3 N–H and O–H groups in total.